The number of nitrogens with one attached hydrogen (secondary N) is 1. The van der Waals surface area contributed by atoms with Gasteiger partial charge in [-0.15, -0.1) is 0 Å². The van der Waals surface area contributed by atoms with Crippen LogP contribution in [0.5, 0.6) is 0 Å². The van der Waals surface area contributed by atoms with Gasteiger partial charge >= 0.3 is 5.97 Å². The van der Waals surface area contributed by atoms with Crippen LogP contribution in [0.4, 0.5) is 0 Å². The zero-order valence-corrected chi connectivity index (χ0v) is 12.3. The van der Waals surface area contributed by atoms with Gasteiger partial charge in [0, 0.05) is 23.5 Å². The summed E-state index contributed by atoms with van der Waals surface area (Å²) in [6.45, 7) is 2.83. The van der Waals surface area contributed by atoms with Gasteiger partial charge in [0.2, 0.25) is 5.76 Å². The van der Waals surface area contributed by atoms with Gasteiger partial charge in [0.15, 0.2) is 0 Å². The van der Waals surface area contributed by atoms with Crippen molar-refractivity contribution in [3.05, 3.63) is 35.6 Å². The molecule has 1 aliphatic rings. The van der Waals surface area contributed by atoms with Gasteiger partial charge in [-0.3, -0.25) is 0 Å². The molecule has 1 aromatic carbocycles. The summed E-state index contributed by atoms with van der Waals surface area (Å²) in [5, 5.41) is 13.7. The van der Waals surface area contributed by atoms with Crippen molar-refractivity contribution >= 4 is 16.9 Å². The summed E-state index contributed by atoms with van der Waals surface area (Å²) in [7, 11) is 0. The first-order chi connectivity index (χ1) is 10.1. The molecule has 0 radical (unpaired) electrons. The maximum absolute atomic E-state index is 11.4. The summed E-state index contributed by atoms with van der Waals surface area (Å²) in [6.07, 6.45) is 4.88. The molecule has 2 unspecified atom stereocenters. The molecule has 0 bridgehead atoms. The van der Waals surface area contributed by atoms with Crippen molar-refractivity contribution in [2.45, 2.75) is 45.2 Å². The van der Waals surface area contributed by atoms with Crippen LogP contribution in [0.3, 0.4) is 0 Å². The Kier molecular flexibility index (Phi) is 3.97. The van der Waals surface area contributed by atoms with E-state index >= 15 is 0 Å². The van der Waals surface area contributed by atoms with Gasteiger partial charge in [0.25, 0.3) is 0 Å². The van der Waals surface area contributed by atoms with E-state index in [0.717, 1.165) is 23.3 Å². The Morgan fingerprint density at radius 2 is 2.19 bits per heavy atom. The standard InChI is InChI=1S/C17H21NO3/c1-11-5-4-6-12(9-11)18-10-14-13-7-2-3-8-15(13)21-16(14)17(19)20/h2-3,7-8,11-12,18H,4-6,9-10H2,1H3,(H,19,20). The third kappa shape index (κ3) is 2.95. The highest BCUT2D eigenvalue weighted by atomic mass is 16.4. The van der Waals surface area contributed by atoms with E-state index in [0.29, 0.717) is 18.2 Å². The van der Waals surface area contributed by atoms with Crippen molar-refractivity contribution in [3.8, 4) is 0 Å². The minimum absolute atomic E-state index is 0.0626. The second-order valence-corrected chi connectivity index (χ2v) is 6.06. The molecule has 0 aliphatic heterocycles. The number of carboxylic acid groups (broad SMARTS) is 1. The first-order valence-corrected chi connectivity index (χ1v) is 7.62. The van der Waals surface area contributed by atoms with Crippen LogP contribution in [0.2, 0.25) is 0 Å². The molecular formula is C17H21NO3. The minimum atomic E-state index is -1.000. The fraction of sp³-hybridized carbons (Fsp3) is 0.471. The van der Waals surface area contributed by atoms with E-state index in [-0.39, 0.29) is 5.76 Å². The van der Waals surface area contributed by atoms with E-state index in [9.17, 15) is 9.90 Å². The number of hydrogen-bond donors (Lipinski definition) is 2. The third-order valence-electron chi connectivity index (χ3n) is 4.40. The molecule has 1 fully saturated rings. The predicted molar refractivity (Wildman–Crippen MR) is 81.4 cm³/mol. The quantitative estimate of drug-likeness (QED) is 0.898. The van der Waals surface area contributed by atoms with Gasteiger partial charge in [-0.1, -0.05) is 38.0 Å². The smallest absolute Gasteiger partial charge is 0.372 e. The van der Waals surface area contributed by atoms with Gasteiger partial charge in [0.1, 0.15) is 5.58 Å². The molecule has 1 aromatic heterocycles. The fourth-order valence-corrected chi connectivity index (χ4v) is 3.31. The highest BCUT2D eigenvalue weighted by Gasteiger charge is 2.22. The molecule has 2 aromatic rings. The van der Waals surface area contributed by atoms with Crippen LogP contribution in [0.1, 0.15) is 48.7 Å². The monoisotopic (exact) mass is 287 g/mol. The van der Waals surface area contributed by atoms with Crippen LogP contribution >= 0.6 is 0 Å². The molecule has 2 N–H and O–H groups in total. The molecule has 1 heterocycles. The molecular weight excluding hydrogens is 266 g/mol. The van der Waals surface area contributed by atoms with E-state index in [4.69, 9.17) is 4.42 Å². The molecule has 1 aliphatic carbocycles. The molecule has 2 atom stereocenters. The van der Waals surface area contributed by atoms with Crippen molar-refractivity contribution in [2.75, 3.05) is 0 Å². The molecule has 0 saturated heterocycles. The average Bonchev–Trinajstić information content (AvgIpc) is 2.84. The van der Waals surface area contributed by atoms with Gasteiger partial charge in [-0.05, 0) is 24.8 Å². The van der Waals surface area contributed by atoms with E-state index in [1.807, 2.05) is 24.3 Å². The maximum Gasteiger partial charge on any atom is 0.372 e. The lowest BCUT2D eigenvalue weighted by Crippen LogP contribution is -2.33. The molecule has 4 nitrogen and oxygen atoms in total. The maximum atomic E-state index is 11.4. The van der Waals surface area contributed by atoms with Gasteiger partial charge < -0.3 is 14.8 Å². The van der Waals surface area contributed by atoms with Crippen molar-refractivity contribution in [1.82, 2.24) is 5.32 Å². The van der Waals surface area contributed by atoms with Crippen LogP contribution < -0.4 is 5.32 Å². The Balaban J connectivity index is 1.82. The number of carboxylic acids is 1. The molecule has 0 amide bonds. The molecule has 112 valence electrons. The zero-order chi connectivity index (χ0) is 14.8. The summed E-state index contributed by atoms with van der Waals surface area (Å²) in [4.78, 5) is 11.4. The summed E-state index contributed by atoms with van der Waals surface area (Å²) in [6, 6.07) is 7.98. The highest BCUT2D eigenvalue weighted by Crippen LogP contribution is 2.28. The first-order valence-electron chi connectivity index (χ1n) is 7.62. The van der Waals surface area contributed by atoms with Crippen LogP contribution in [-0.4, -0.2) is 17.1 Å². The first kappa shape index (κ1) is 14.1. The van der Waals surface area contributed by atoms with Crippen LogP contribution in [0, 0.1) is 5.92 Å². The van der Waals surface area contributed by atoms with Gasteiger partial charge in [-0.2, -0.15) is 0 Å². The number of hydrogen-bond acceptors (Lipinski definition) is 3. The SMILES string of the molecule is CC1CCCC(NCc2c(C(=O)O)oc3ccccc23)C1. The number of rotatable bonds is 4. The Morgan fingerprint density at radius 1 is 1.38 bits per heavy atom. The average molecular weight is 287 g/mol. The summed E-state index contributed by atoms with van der Waals surface area (Å²) >= 11 is 0. The Morgan fingerprint density at radius 3 is 2.95 bits per heavy atom. The van der Waals surface area contributed by atoms with Crippen LogP contribution in [0.15, 0.2) is 28.7 Å². The highest BCUT2D eigenvalue weighted by molar-refractivity contribution is 5.95. The summed E-state index contributed by atoms with van der Waals surface area (Å²) < 4.78 is 5.48. The predicted octanol–water partition coefficient (Wildman–Crippen LogP) is 3.80. The summed E-state index contributed by atoms with van der Waals surface area (Å²) in [5.74, 6) is -0.191. The number of benzene rings is 1. The number of furan rings is 1. The Labute approximate surface area is 124 Å². The molecule has 0 spiro atoms. The molecule has 4 heteroatoms. The molecule has 1 saturated carbocycles. The van der Waals surface area contributed by atoms with Gasteiger partial charge in [-0.25, -0.2) is 4.79 Å². The fourth-order valence-electron chi connectivity index (χ4n) is 3.31. The topological polar surface area (TPSA) is 62.5 Å². The van der Waals surface area contributed by atoms with Crippen molar-refractivity contribution < 1.29 is 14.3 Å². The van der Waals surface area contributed by atoms with Crippen molar-refractivity contribution in [3.63, 3.8) is 0 Å². The van der Waals surface area contributed by atoms with E-state index in [1.165, 1.54) is 19.3 Å². The lowest BCUT2D eigenvalue weighted by atomic mass is 9.87. The lowest BCUT2D eigenvalue weighted by Gasteiger charge is -2.27. The normalized spacial score (nSPS) is 22.5. The number of aromatic carboxylic acids is 1. The van der Waals surface area contributed by atoms with Crippen LogP contribution in [0.25, 0.3) is 11.0 Å². The number of carbonyl (C=O) groups is 1. The van der Waals surface area contributed by atoms with Crippen molar-refractivity contribution in [1.29, 1.82) is 0 Å². The second kappa shape index (κ2) is 5.90. The van der Waals surface area contributed by atoms with E-state index in [1.54, 1.807) is 0 Å². The molecule has 3 rings (SSSR count). The minimum Gasteiger partial charge on any atom is -0.475 e. The van der Waals surface area contributed by atoms with E-state index < -0.39 is 5.97 Å². The Hall–Kier alpha value is -1.81. The van der Waals surface area contributed by atoms with Gasteiger partial charge in [0.05, 0.1) is 0 Å². The van der Waals surface area contributed by atoms with Crippen molar-refractivity contribution in [2.24, 2.45) is 5.92 Å². The van der Waals surface area contributed by atoms with Crippen LogP contribution in [-0.2, 0) is 6.54 Å². The lowest BCUT2D eigenvalue weighted by molar-refractivity contribution is 0.0663. The number of fused-ring (bicyclic) bond motifs is 1. The Bertz CT molecular complexity index is 647. The second-order valence-electron chi connectivity index (χ2n) is 6.06. The summed E-state index contributed by atoms with van der Waals surface area (Å²) in [5.41, 5.74) is 1.40. The largest absolute Gasteiger partial charge is 0.475 e. The zero-order valence-electron chi connectivity index (χ0n) is 12.3. The molecule has 21 heavy (non-hydrogen) atoms. The number of para-hydroxylation sites is 1. The third-order valence-corrected chi connectivity index (χ3v) is 4.40. The van der Waals surface area contributed by atoms with E-state index in [2.05, 4.69) is 12.2 Å².